The summed E-state index contributed by atoms with van der Waals surface area (Å²) in [7, 11) is 0. The van der Waals surface area contributed by atoms with Crippen LogP contribution in [0.2, 0.25) is 5.02 Å². The number of hydrogen-bond acceptors (Lipinski definition) is 6. The van der Waals surface area contributed by atoms with E-state index >= 15 is 0 Å². The monoisotopic (exact) mass is 490 g/mol. The number of rotatable bonds is 5. The summed E-state index contributed by atoms with van der Waals surface area (Å²) in [6.45, 7) is 0.873. The van der Waals surface area contributed by atoms with Gasteiger partial charge in [0.1, 0.15) is 5.60 Å². The van der Waals surface area contributed by atoms with Gasteiger partial charge in [-0.15, -0.1) is 0 Å². The Kier molecular flexibility index (Phi) is 6.41. The number of benzene rings is 2. The summed E-state index contributed by atoms with van der Waals surface area (Å²) in [5.41, 5.74) is 1.83. The number of halogens is 1. The molecule has 2 aromatic carbocycles. The standard InChI is InChI=1S/C26H23ClN4O2S/c27-21-6-3-15-29-24(21)26(33)12-16-31(17-13-26)25(32)19-8-10-20(11-9-19)30-34-22-7-1-4-18-5-2-14-28-23(18)22/h1-11,14-15,30,33H,12-13,16-17H2. The van der Waals surface area contributed by atoms with Crippen LogP contribution in [0.1, 0.15) is 28.9 Å². The summed E-state index contributed by atoms with van der Waals surface area (Å²) in [5.74, 6) is -0.0494. The summed E-state index contributed by atoms with van der Waals surface area (Å²) >= 11 is 7.73. The topological polar surface area (TPSA) is 78.4 Å². The van der Waals surface area contributed by atoms with Crippen LogP contribution >= 0.6 is 23.5 Å². The average Bonchev–Trinajstić information content (AvgIpc) is 2.88. The maximum absolute atomic E-state index is 13.0. The minimum absolute atomic E-state index is 0.0494. The number of fused-ring (bicyclic) bond motifs is 1. The summed E-state index contributed by atoms with van der Waals surface area (Å²) in [5, 5.41) is 12.6. The van der Waals surface area contributed by atoms with Crippen LogP contribution in [-0.2, 0) is 5.60 Å². The normalized spacial score (nSPS) is 15.3. The molecule has 0 atom stereocenters. The van der Waals surface area contributed by atoms with Crippen LogP contribution in [0.4, 0.5) is 5.69 Å². The number of carbonyl (C=O) groups excluding carboxylic acids is 1. The minimum atomic E-state index is -1.11. The molecule has 5 rings (SSSR count). The number of nitrogens with one attached hydrogen (secondary N) is 1. The van der Waals surface area contributed by atoms with Gasteiger partial charge >= 0.3 is 0 Å². The summed E-state index contributed by atoms with van der Waals surface area (Å²) in [6, 6.07) is 21.0. The fourth-order valence-electron chi connectivity index (χ4n) is 4.18. The number of hydrogen-bond donors (Lipinski definition) is 2. The number of pyridine rings is 2. The van der Waals surface area contributed by atoms with E-state index in [0.717, 1.165) is 21.5 Å². The van der Waals surface area contributed by atoms with Crippen molar-refractivity contribution in [1.82, 2.24) is 14.9 Å². The van der Waals surface area contributed by atoms with Crippen molar-refractivity contribution in [2.75, 3.05) is 17.8 Å². The van der Waals surface area contributed by atoms with Gasteiger partial charge in [-0.1, -0.05) is 29.8 Å². The van der Waals surface area contributed by atoms with Gasteiger partial charge in [0.2, 0.25) is 0 Å². The zero-order valence-electron chi connectivity index (χ0n) is 18.3. The summed E-state index contributed by atoms with van der Waals surface area (Å²) in [6.07, 6.45) is 4.20. The largest absolute Gasteiger partial charge is 0.383 e. The van der Waals surface area contributed by atoms with Crippen molar-refractivity contribution in [2.24, 2.45) is 0 Å². The van der Waals surface area contributed by atoms with Gasteiger partial charge in [-0.2, -0.15) is 0 Å². The number of carbonyl (C=O) groups is 1. The fraction of sp³-hybridized carbons (Fsp3) is 0.192. The van der Waals surface area contributed by atoms with Gasteiger partial charge in [0.05, 0.1) is 21.1 Å². The number of likely N-dealkylation sites (tertiary alicyclic amines) is 1. The van der Waals surface area contributed by atoms with Crippen LogP contribution in [0, 0.1) is 0 Å². The molecule has 1 saturated heterocycles. The Morgan fingerprint density at radius 1 is 0.971 bits per heavy atom. The molecule has 0 bridgehead atoms. The third-order valence-electron chi connectivity index (χ3n) is 6.08. The van der Waals surface area contributed by atoms with Crippen molar-refractivity contribution < 1.29 is 9.90 Å². The molecule has 1 aliphatic heterocycles. The van der Waals surface area contributed by atoms with E-state index in [0.29, 0.717) is 42.2 Å². The third kappa shape index (κ3) is 4.59. The molecule has 2 aromatic heterocycles. The first-order valence-corrected chi connectivity index (χ1v) is 12.2. The molecule has 1 aliphatic rings. The molecular weight excluding hydrogens is 468 g/mol. The molecule has 6 nitrogen and oxygen atoms in total. The Bertz CT molecular complexity index is 1320. The van der Waals surface area contributed by atoms with Crippen LogP contribution < -0.4 is 4.72 Å². The molecule has 0 radical (unpaired) electrons. The second-order valence-electron chi connectivity index (χ2n) is 8.27. The minimum Gasteiger partial charge on any atom is -0.383 e. The van der Waals surface area contributed by atoms with Crippen molar-refractivity contribution in [3.05, 3.63) is 95.4 Å². The lowest BCUT2D eigenvalue weighted by Gasteiger charge is -2.38. The maximum atomic E-state index is 13.0. The van der Waals surface area contributed by atoms with Crippen molar-refractivity contribution in [2.45, 2.75) is 23.3 Å². The van der Waals surface area contributed by atoms with Crippen molar-refractivity contribution in [1.29, 1.82) is 0 Å². The van der Waals surface area contributed by atoms with Crippen molar-refractivity contribution in [3.8, 4) is 0 Å². The lowest BCUT2D eigenvalue weighted by Crippen LogP contribution is -2.45. The van der Waals surface area contributed by atoms with Gasteiger partial charge in [0.25, 0.3) is 5.91 Å². The highest BCUT2D eigenvalue weighted by Gasteiger charge is 2.38. The van der Waals surface area contributed by atoms with Crippen LogP contribution in [0.25, 0.3) is 10.9 Å². The smallest absolute Gasteiger partial charge is 0.253 e. The molecule has 34 heavy (non-hydrogen) atoms. The van der Waals surface area contributed by atoms with Gasteiger partial charge in [-0.25, -0.2) is 0 Å². The van der Waals surface area contributed by atoms with Gasteiger partial charge in [-0.3, -0.25) is 14.8 Å². The number of para-hydroxylation sites is 1. The Morgan fingerprint density at radius 3 is 2.44 bits per heavy atom. The van der Waals surface area contributed by atoms with E-state index in [2.05, 4.69) is 14.7 Å². The van der Waals surface area contributed by atoms with Gasteiger partial charge in [-0.05, 0) is 73.3 Å². The molecule has 1 fully saturated rings. The second-order valence-corrected chi connectivity index (χ2v) is 9.53. The highest BCUT2D eigenvalue weighted by atomic mass is 35.5. The summed E-state index contributed by atoms with van der Waals surface area (Å²) in [4.78, 5) is 24.6. The second kappa shape index (κ2) is 9.62. The van der Waals surface area contributed by atoms with E-state index in [1.54, 1.807) is 29.4 Å². The van der Waals surface area contributed by atoms with Gasteiger partial charge < -0.3 is 14.7 Å². The van der Waals surface area contributed by atoms with E-state index in [-0.39, 0.29) is 5.91 Å². The molecule has 2 N–H and O–H groups in total. The molecule has 0 aliphatic carbocycles. The van der Waals surface area contributed by atoms with Crippen LogP contribution in [0.15, 0.2) is 84.0 Å². The quantitative estimate of drug-likeness (QED) is 0.358. The van der Waals surface area contributed by atoms with Crippen LogP contribution in [0.5, 0.6) is 0 Å². The highest BCUT2D eigenvalue weighted by molar-refractivity contribution is 8.00. The summed E-state index contributed by atoms with van der Waals surface area (Å²) < 4.78 is 3.33. The Hall–Kier alpha value is -3.13. The molecule has 3 heterocycles. The lowest BCUT2D eigenvalue weighted by molar-refractivity contribution is -0.0243. The van der Waals surface area contributed by atoms with E-state index in [1.165, 1.54) is 11.9 Å². The molecule has 0 spiro atoms. The SMILES string of the molecule is O=C(c1ccc(NSc2cccc3cccnc23)cc1)N1CCC(O)(c2ncccc2Cl)CC1. The van der Waals surface area contributed by atoms with E-state index in [9.17, 15) is 9.90 Å². The Morgan fingerprint density at radius 2 is 1.68 bits per heavy atom. The molecule has 0 unspecified atom stereocenters. The number of anilines is 1. The molecular formula is C26H23ClN4O2S. The highest BCUT2D eigenvalue weighted by Crippen LogP contribution is 2.35. The van der Waals surface area contributed by atoms with Crippen LogP contribution in [0.3, 0.4) is 0 Å². The van der Waals surface area contributed by atoms with Crippen LogP contribution in [-0.4, -0.2) is 39.0 Å². The number of aromatic nitrogens is 2. The fourth-order valence-corrected chi connectivity index (χ4v) is 5.26. The number of amides is 1. The third-order valence-corrected chi connectivity index (χ3v) is 7.28. The van der Waals surface area contributed by atoms with E-state index in [4.69, 9.17) is 11.6 Å². The lowest BCUT2D eigenvalue weighted by atomic mass is 9.87. The van der Waals surface area contributed by atoms with E-state index in [1.807, 2.05) is 54.6 Å². The Labute approximate surface area is 207 Å². The first-order chi connectivity index (χ1) is 16.5. The first-order valence-electron chi connectivity index (χ1n) is 11.0. The predicted octanol–water partition coefficient (Wildman–Crippen LogP) is 5.53. The Balaban J connectivity index is 1.21. The zero-order valence-corrected chi connectivity index (χ0v) is 19.9. The predicted molar refractivity (Wildman–Crippen MR) is 136 cm³/mol. The molecule has 8 heteroatoms. The number of nitrogens with zero attached hydrogens (tertiary/aromatic N) is 3. The average molecular weight is 491 g/mol. The zero-order chi connectivity index (χ0) is 23.5. The molecule has 172 valence electrons. The maximum Gasteiger partial charge on any atom is 0.253 e. The van der Waals surface area contributed by atoms with Crippen molar-refractivity contribution in [3.63, 3.8) is 0 Å². The number of aliphatic hydroxyl groups is 1. The van der Waals surface area contributed by atoms with Gasteiger partial charge in [0.15, 0.2) is 0 Å². The van der Waals surface area contributed by atoms with Crippen molar-refractivity contribution >= 4 is 46.0 Å². The first kappa shape index (κ1) is 22.7. The molecule has 4 aromatic rings. The molecule has 1 amide bonds. The number of piperidine rings is 1. The molecule has 0 saturated carbocycles. The van der Waals surface area contributed by atoms with Gasteiger partial charge in [0, 0.05) is 42.1 Å². The van der Waals surface area contributed by atoms with E-state index < -0.39 is 5.60 Å².